The molecule has 3 heterocycles. The molecule has 256 valence electrons. The lowest BCUT2D eigenvalue weighted by molar-refractivity contribution is -0.138. The van der Waals surface area contributed by atoms with Crippen molar-refractivity contribution in [2.45, 2.75) is 35.5 Å². The lowest BCUT2D eigenvalue weighted by atomic mass is 9.83. The van der Waals surface area contributed by atoms with Crippen molar-refractivity contribution < 1.29 is 50.2 Å². The summed E-state index contributed by atoms with van der Waals surface area (Å²) in [7, 11) is 0. The smallest absolute Gasteiger partial charge is 0.418 e. The lowest BCUT2D eigenvalue weighted by Crippen LogP contribution is -2.32. The Hall–Kier alpha value is -4.77. The van der Waals surface area contributed by atoms with Gasteiger partial charge in [0.25, 0.3) is 5.91 Å². The molecule has 49 heavy (non-hydrogen) atoms. The van der Waals surface area contributed by atoms with Gasteiger partial charge in [0.2, 0.25) is 11.8 Å². The van der Waals surface area contributed by atoms with E-state index >= 15 is 0 Å². The number of nitrogens with zero attached hydrogens (tertiary/aromatic N) is 1. The molecule has 0 spiro atoms. The molecule has 3 atom stereocenters. The molecule has 3 amide bonds. The van der Waals surface area contributed by atoms with E-state index in [9.17, 15) is 45.5 Å². The van der Waals surface area contributed by atoms with E-state index in [0.29, 0.717) is 15.5 Å². The molecule has 2 aliphatic rings. The number of imide groups is 1. The largest absolute Gasteiger partial charge is 0.490 e. The zero-order valence-electron chi connectivity index (χ0n) is 25.0. The molecule has 1 fully saturated rings. The lowest BCUT2D eigenvalue weighted by Gasteiger charge is -2.30. The summed E-state index contributed by atoms with van der Waals surface area (Å²) in [6.45, 7) is 1.08. The second-order valence-corrected chi connectivity index (χ2v) is 13.0. The van der Waals surface area contributed by atoms with Gasteiger partial charge in [-0.2, -0.15) is 26.3 Å². The Morgan fingerprint density at radius 2 is 1.65 bits per heavy atom. The van der Waals surface area contributed by atoms with Crippen LogP contribution in [0.4, 0.5) is 37.7 Å². The molecule has 2 aliphatic heterocycles. The topological polar surface area (TPSA) is 118 Å². The second-order valence-electron chi connectivity index (χ2n) is 10.8. The number of thioether (sulfide) groups is 1. The van der Waals surface area contributed by atoms with Gasteiger partial charge < -0.3 is 19.8 Å². The maximum Gasteiger partial charge on any atom is 0.418 e. The number of anilines is 2. The number of hydrogen-bond acceptors (Lipinski definition) is 8. The third kappa shape index (κ3) is 6.64. The van der Waals surface area contributed by atoms with Crippen molar-refractivity contribution in [3.8, 4) is 11.5 Å². The van der Waals surface area contributed by atoms with E-state index in [1.165, 1.54) is 36.4 Å². The molecular weight excluding hydrogens is 700 g/mol. The average Bonchev–Trinajstić information content (AvgIpc) is 3.53. The fourth-order valence-corrected chi connectivity index (χ4v) is 8.24. The van der Waals surface area contributed by atoms with Gasteiger partial charge in [-0.1, -0.05) is 47.4 Å². The molecule has 0 aliphatic carbocycles. The highest BCUT2D eigenvalue weighted by molar-refractivity contribution is 8.00. The first kappa shape index (κ1) is 34.1. The van der Waals surface area contributed by atoms with Crippen molar-refractivity contribution in [2.24, 2.45) is 5.92 Å². The van der Waals surface area contributed by atoms with Crippen LogP contribution in [0.3, 0.4) is 0 Å². The van der Waals surface area contributed by atoms with Crippen LogP contribution in [0.25, 0.3) is 0 Å². The number of thiazole rings is 1. The maximum absolute atomic E-state index is 14.0. The fourth-order valence-electron chi connectivity index (χ4n) is 5.73. The highest BCUT2D eigenvalue weighted by Gasteiger charge is 2.56. The van der Waals surface area contributed by atoms with Gasteiger partial charge in [-0.15, -0.1) is 0 Å². The number of H-pyrrole nitrogens is 1. The zero-order valence-corrected chi connectivity index (χ0v) is 26.6. The summed E-state index contributed by atoms with van der Waals surface area (Å²) in [6.07, 6.45) is -9.43. The first-order valence-electron chi connectivity index (χ1n) is 14.5. The molecular formula is C32H23F6N3O6S2. The van der Waals surface area contributed by atoms with E-state index in [1.54, 1.807) is 6.92 Å². The molecule has 3 aromatic carbocycles. The standard InChI is InChI=1S/C32H23F6N3O6S2/c1-2-46-21-12-15(10-11-20(21)47-14-22(42)39-19-9-4-3-8-18(19)32(36,37)38)23-24-26(48-27-25(23)49-30(45)40-27)29(44)41(28(24)43)17-7-5-6-16(13-17)31(33,34)35/h3-13,23-24,26H,2,14H2,1H3,(H,39,42)(H,40,45)/t23-,24?,26?/m1/s1. The molecule has 0 radical (unpaired) electrons. The van der Waals surface area contributed by atoms with Crippen molar-refractivity contribution >= 4 is 52.2 Å². The second kappa shape index (κ2) is 12.9. The Morgan fingerprint density at radius 1 is 0.898 bits per heavy atom. The van der Waals surface area contributed by atoms with Crippen LogP contribution in [0.2, 0.25) is 0 Å². The van der Waals surface area contributed by atoms with E-state index in [1.807, 2.05) is 0 Å². The van der Waals surface area contributed by atoms with Crippen LogP contribution in [0.5, 0.6) is 11.5 Å². The molecule has 4 aromatic rings. The summed E-state index contributed by atoms with van der Waals surface area (Å²) < 4.78 is 91.9. The van der Waals surface area contributed by atoms with Crippen LogP contribution >= 0.6 is 23.1 Å². The van der Waals surface area contributed by atoms with Crippen molar-refractivity contribution in [2.75, 3.05) is 23.4 Å². The number of ether oxygens (including phenoxy) is 2. The number of aromatic nitrogens is 1. The van der Waals surface area contributed by atoms with Crippen LogP contribution in [-0.4, -0.2) is 41.2 Å². The minimum Gasteiger partial charge on any atom is -0.490 e. The van der Waals surface area contributed by atoms with Crippen LogP contribution in [-0.2, 0) is 26.7 Å². The summed E-state index contributed by atoms with van der Waals surface area (Å²) in [5, 5.41) is 1.44. The van der Waals surface area contributed by atoms with Crippen LogP contribution in [0.1, 0.15) is 34.4 Å². The number of carbonyl (C=O) groups excluding carboxylic acids is 3. The molecule has 0 bridgehead atoms. The van der Waals surface area contributed by atoms with Gasteiger partial charge >= 0.3 is 17.2 Å². The monoisotopic (exact) mass is 723 g/mol. The minimum atomic E-state index is -4.72. The van der Waals surface area contributed by atoms with Gasteiger partial charge in [0.1, 0.15) is 5.25 Å². The first-order valence-corrected chi connectivity index (χ1v) is 16.2. The van der Waals surface area contributed by atoms with Gasteiger partial charge in [-0.05, 0) is 55.0 Å². The summed E-state index contributed by atoms with van der Waals surface area (Å²) in [5.41, 5.74) is -2.37. The molecule has 17 heteroatoms. The third-order valence-electron chi connectivity index (χ3n) is 7.75. The molecule has 6 rings (SSSR count). The molecule has 0 saturated carbocycles. The van der Waals surface area contributed by atoms with E-state index in [4.69, 9.17) is 9.47 Å². The minimum absolute atomic E-state index is 0.0356. The predicted octanol–water partition coefficient (Wildman–Crippen LogP) is 6.69. The molecule has 2 N–H and O–H groups in total. The Labute approximate surface area is 281 Å². The van der Waals surface area contributed by atoms with E-state index in [0.717, 1.165) is 58.3 Å². The van der Waals surface area contributed by atoms with Gasteiger partial charge in [0.05, 0.1) is 40.1 Å². The van der Waals surface area contributed by atoms with E-state index in [-0.39, 0.29) is 23.8 Å². The van der Waals surface area contributed by atoms with E-state index in [2.05, 4.69) is 10.3 Å². The number of halogens is 6. The number of benzene rings is 3. The Morgan fingerprint density at radius 3 is 2.37 bits per heavy atom. The van der Waals surface area contributed by atoms with Crippen LogP contribution in [0, 0.1) is 5.92 Å². The van der Waals surface area contributed by atoms with Gasteiger partial charge in [-0.25, -0.2) is 4.90 Å². The average molecular weight is 724 g/mol. The number of aromatic amines is 1. The summed E-state index contributed by atoms with van der Waals surface area (Å²) in [5.74, 6) is -4.29. The SMILES string of the molecule is CCOc1cc([C@H]2c3sc(=O)[nH]c3SC3C(=O)N(c4cccc(C(F)(F)F)c4)C(=O)C32)ccc1OCC(=O)Nc1ccccc1C(F)(F)F. The number of hydrogen-bond donors (Lipinski definition) is 2. The highest BCUT2D eigenvalue weighted by atomic mass is 32.2. The van der Waals surface area contributed by atoms with Gasteiger partial charge in [0, 0.05) is 10.8 Å². The summed E-state index contributed by atoms with van der Waals surface area (Å²) in [6, 6.07) is 12.7. The quantitative estimate of drug-likeness (QED) is 0.154. The van der Waals surface area contributed by atoms with Crippen LogP contribution in [0.15, 0.2) is 76.6 Å². The summed E-state index contributed by atoms with van der Waals surface area (Å²) >= 11 is 1.77. The highest BCUT2D eigenvalue weighted by Crippen LogP contribution is 2.54. The Balaban J connectivity index is 1.30. The Bertz CT molecular complexity index is 2010. The maximum atomic E-state index is 14.0. The Kier molecular flexibility index (Phi) is 9.00. The third-order valence-corrected chi connectivity index (χ3v) is 10.1. The number of fused-ring (bicyclic) bond motifs is 2. The number of alkyl halides is 6. The molecule has 1 saturated heterocycles. The molecule has 9 nitrogen and oxygen atoms in total. The number of amides is 3. The fraction of sp³-hybridized carbons (Fsp3) is 0.250. The first-order chi connectivity index (χ1) is 23.2. The van der Waals surface area contributed by atoms with Crippen molar-refractivity contribution in [3.63, 3.8) is 0 Å². The van der Waals surface area contributed by atoms with Gasteiger partial charge in [-0.3, -0.25) is 19.2 Å². The van der Waals surface area contributed by atoms with Crippen molar-refractivity contribution in [3.05, 3.63) is 98.0 Å². The number of nitrogens with one attached hydrogen (secondary N) is 2. The molecule has 1 aromatic heterocycles. The molecule has 2 unspecified atom stereocenters. The van der Waals surface area contributed by atoms with Crippen LogP contribution < -0.4 is 24.6 Å². The van der Waals surface area contributed by atoms with Gasteiger partial charge in [0.15, 0.2) is 18.1 Å². The number of carbonyl (C=O) groups is 3. The zero-order chi connectivity index (χ0) is 35.2. The summed E-state index contributed by atoms with van der Waals surface area (Å²) in [4.78, 5) is 56.0. The van der Waals surface area contributed by atoms with Crippen molar-refractivity contribution in [1.29, 1.82) is 0 Å². The number of rotatable bonds is 8. The predicted molar refractivity (Wildman–Crippen MR) is 167 cm³/mol. The van der Waals surface area contributed by atoms with E-state index < -0.39 is 75.5 Å². The number of para-hydroxylation sites is 1. The normalized spacial score (nSPS) is 19.0. The van der Waals surface area contributed by atoms with Crippen molar-refractivity contribution in [1.82, 2.24) is 4.98 Å².